The number of likely N-dealkylation sites (tertiary alicyclic amines) is 1. The highest BCUT2D eigenvalue weighted by atomic mass is 16.4. The van der Waals surface area contributed by atoms with Crippen LogP contribution >= 0.6 is 0 Å². The smallest absolute Gasteiger partial charge is 0.303 e. The van der Waals surface area contributed by atoms with Crippen molar-refractivity contribution in [3.8, 4) is 0 Å². The van der Waals surface area contributed by atoms with E-state index in [1.165, 1.54) is 0 Å². The molecule has 0 aromatic carbocycles. The molecular weight excluding hydrogens is 208 g/mol. The molecule has 1 atom stereocenters. The highest BCUT2D eigenvalue weighted by molar-refractivity contribution is 5.78. The Bertz CT molecular complexity index is 260. The summed E-state index contributed by atoms with van der Waals surface area (Å²) < 4.78 is 0. The first-order chi connectivity index (χ1) is 7.54. The molecule has 0 bridgehead atoms. The normalized spacial score (nSPS) is 19.5. The number of carbonyl (C=O) groups excluding carboxylic acids is 1. The third-order valence-electron chi connectivity index (χ3n) is 3.16. The Hall–Kier alpha value is -1.10. The summed E-state index contributed by atoms with van der Waals surface area (Å²) in [6.07, 6.45) is 1.79. The minimum atomic E-state index is -0.750. The van der Waals surface area contributed by atoms with Crippen LogP contribution in [0.2, 0.25) is 0 Å². The molecule has 0 radical (unpaired) electrons. The average Bonchev–Trinajstić information content (AvgIpc) is 2.27. The molecule has 0 saturated carbocycles. The van der Waals surface area contributed by atoms with Crippen molar-refractivity contribution in [3.63, 3.8) is 0 Å². The number of aliphatic carboxylic acids is 1. The molecule has 3 N–H and O–H groups in total. The largest absolute Gasteiger partial charge is 0.481 e. The number of hydrogen-bond acceptors (Lipinski definition) is 3. The second-order valence-corrected chi connectivity index (χ2v) is 4.50. The highest BCUT2D eigenvalue weighted by Crippen LogP contribution is 2.21. The van der Waals surface area contributed by atoms with E-state index in [2.05, 4.69) is 0 Å². The quantitative estimate of drug-likeness (QED) is 0.724. The molecule has 0 aliphatic carbocycles. The Morgan fingerprint density at radius 1 is 1.44 bits per heavy atom. The van der Waals surface area contributed by atoms with Gasteiger partial charge in [-0.2, -0.15) is 0 Å². The molecule has 0 spiro atoms. The Morgan fingerprint density at radius 2 is 2.00 bits per heavy atom. The van der Waals surface area contributed by atoms with Crippen molar-refractivity contribution in [2.24, 2.45) is 17.6 Å². The van der Waals surface area contributed by atoms with Crippen LogP contribution in [0, 0.1) is 11.8 Å². The minimum Gasteiger partial charge on any atom is -0.481 e. The van der Waals surface area contributed by atoms with Gasteiger partial charge in [0.25, 0.3) is 0 Å². The number of hydrogen-bond donors (Lipinski definition) is 2. The van der Waals surface area contributed by atoms with Gasteiger partial charge in [-0.05, 0) is 18.8 Å². The first kappa shape index (κ1) is 13.0. The Morgan fingerprint density at radius 3 is 2.44 bits per heavy atom. The van der Waals surface area contributed by atoms with E-state index in [0.29, 0.717) is 19.6 Å². The van der Waals surface area contributed by atoms with Crippen molar-refractivity contribution in [2.75, 3.05) is 19.6 Å². The summed E-state index contributed by atoms with van der Waals surface area (Å²) in [5.74, 6) is -0.567. The molecule has 1 amide bonds. The lowest BCUT2D eigenvalue weighted by Gasteiger charge is -2.32. The predicted octanol–water partition coefficient (Wildman–Crippen LogP) is 0.294. The van der Waals surface area contributed by atoms with Gasteiger partial charge >= 0.3 is 5.97 Å². The zero-order chi connectivity index (χ0) is 12.1. The van der Waals surface area contributed by atoms with Crippen molar-refractivity contribution in [1.82, 2.24) is 4.90 Å². The van der Waals surface area contributed by atoms with Crippen molar-refractivity contribution in [3.05, 3.63) is 0 Å². The minimum absolute atomic E-state index is 0.0938. The van der Waals surface area contributed by atoms with Gasteiger partial charge in [-0.15, -0.1) is 0 Å². The molecule has 5 heteroatoms. The predicted molar refractivity (Wildman–Crippen MR) is 59.8 cm³/mol. The van der Waals surface area contributed by atoms with Crippen LogP contribution in [0.15, 0.2) is 0 Å². The standard InChI is InChI=1S/C11H20N2O3/c1-8(7-12)11(16)13-4-2-9(3-5-13)6-10(14)15/h8-9H,2-7,12H2,1H3,(H,14,15). The first-order valence-electron chi connectivity index (χ1n) is 5.75. The second kappa shape index (κ2) is 5.84. The van der Waals surface area contributed by atoms with Crippen molar-refractivity contribution in [2.45, 2.75) is 26.2 Å². The molecule has 1 saturated heterocycles. The fraction of sp³-hybridized carbons (Fsp3) is 0.818. The van der Waals surface area contributed by atoms with E-state index in [1.807, 2.05) is 6.92 Å². The van der Waals surface area contributed by atoms with Crippen molar-refractivity contribution < 1.29 is 14.7 Å². The van der Waals surface area contributed by atoms with E-state index in [0.717, 1.165) is 12.8 Å². The molecule has 1 aliphatic heterocycles. The van der Waals surface area contributed by atoms with Crippen LogP contribution in [0.3, 0.4) is 0 Å². The highest BCUT2D eigenvalue weighted by Gasteiger charge is 2.26. The van der Waals surface area contributed by atoms with Crippen LogP contribution < -0.4 is 5.73 Å². The van der Waals surface area contributed by atoms with Gasteiger partial charge in [0.2, 0.25) is 5.91 Å². The lowest BCUT2D eigenvalue weighted by Crippen LogP contribution is -2.43. The maximum Gasteiger partial charge on any atom is 0.303 e. The van der Waals surface area contributed by atoms with E-state index < -0.39 is 5.97 Å². The summed E-state index contributed by atoms with van der Waals surface area (Å²) in [7, 11) is 0. The topological polar surface area (TPSA) is 83.6 Å². The number of carboxylic acid groups (broad SMARTS) is 1. The van der Waals surface area contributed by atoms with Crippen LogP contribution in [0.25, 0.3) is 0 Å². The van der Waals surface area contributed by atoms with Gasteiger partial charge in [0.05, 0.1) is 0 Å². The van der Waals surface area contributed by atoms with Gasteiger partial charge in [-0.25, -0.2) is 0 Å². The molecular formula is C11H20N2O3. The molecule has 0 aromatic heterocycles. The number of carbonyl (C=O) groups is 2. The summed E-state index contributed by atoms with van der Waals surface area (Å²) in [4.78, 5) is 24.1. The summed E-state index contributed by atoms with van der Waals surface area (Å²) in [5, 5.41) is 8.67. The van der Waals surface area contributed by atoms with Crippen molar-refractivity contribution in [1.29, 1.82) is 0 Å². The van der Waals surface area contributed by atoms with E-state index in [1.54, 1.807) is 4.90 Å². The lowest BCUT2D eigenvalue weighted by atomic mass is 9.93. The van der Waals surface area contributed by atoms with Gasteiger partial charge in [-0.1, -0.05) is 6.92 Å². The SMILES string of the molecule is CC(CN)C(=O)N1CCC(CC(=O)O)CC1. The van der Waals surface area contributed by atoms with Crippen LogP contribution in [0.4, 0.5) is 0 Å². The molecule has 1 heterocycles. The monoisotopic (exact) mass is 228 g/mol. The van der Waals surface area contributed by atoms with E-state index in [-0.39, 0.29) is 24.2 Å². The molecule has 1 unspecified atom stereocenters. The van der Waals surface area contributed by atoms with Gasteiger partial charge in [0, 0.05) is 32.0 Å². The molecule has 5 nitrogen and oxygen atoms in total. The van der Waals surface area contributed by atoms with Gasteiger partial charge in [0.1, 0.15) is 0 Å². The summed E-state index contributed by atoms with van der Waals surface area (Å²) in [6.45, 7) is 3.53. The number of nitrogens with two attached hydrogens (primary N) is 1. The first-order valence-corrected chi connectivity index (χ1v) is 5.75. The maximum absolute atomic E-state index is 11.8. The van der Waals surface area contributed by atoms with Gasteiger partial charge < -0.3 is 15.7 Å². The summed E-state index contributed by atoms with van der Waals surface area (Å²) in [6, 6.07) is 0. The van der Waals surface area contributed by atoms with E-state index in [9.17, 15) is 9.59 Å². The summed E-state index contributed by atoms with van der Waals surface area (Å²) >= 11 is 0. The molecule has 1 fully saturated rings. The van der Waals surface area contributed by atoms with E-state index in [4.69, 9.17) is 10.8 Å². The Balaban J connectivity index is 2.37. The number of amides is 1. The molecule has 1 rings (SSSR count). The average molecular weight is 228 g/mol. The second-order valence-electron chi connectivity index (χ2n) is 4.50. The fourth-order valence-electron chi connectivity index (χ4n) is 2.02. The number of nitrogens with zero attached hydrogens (tertiary/aromatic N) is 1. The molecule has 0 aromatic rings. The zero-order valence-electron chi connectivity index (χ0n) is 9.69. The van der Waals surface area contributed by atoms with Crippen LogP contribution in [0.1, 0.15) is 26.2 Å². The number of carboxylic acids is 1. The third kappa shape index (κ3) is 3.48. The fourth-order valence-corrected chi connectivity index (χ4v) is 2.02. The zero-order valence-corrected chi connectivity index (χ0v) is 9.69. The van der Waals surface area contributed by atoms with Crippen LogP contribution in [-0.2, 0) is 9.59 Å². The van der Waals surface area contributed by atoms with Crippen LogP contribution in [-0.4, -0.2) is 41.5 Å². The Kier molecular flexibility index (Phi) is 4.73. The van der Waals surface area contributed by atoms with Gasteiger partial charge in [0.15, 0.2) is 0 Å². The third-order valence-corrected chi connectivity index (χ3v) is 3.16. The molecule has 16 heavy (non-hydrogen) atoms. The molecule has 92 valence electrons. The van der Waals surface area contributed by atoms with Crippen LogP contribution in [0.5, 0.6) is 0 Å². The summed E-state index contributed by atoms with van der Waals surface area (Å²) in [5.41, 5.74) is 5.45. The Labute approximate surface area is 95.6 Å². The lowest BCUT2D eigenvalue weighted by molar-refractivity contribution is -0.139. The molecule has 1 aliphatic rings. The maximum atomic E-state index is 11.8. The number of rotatable bonds is 4. The van der Waals surface area contributed by atoms with Gasteiger partial charge in [-0.3, -0.25) is 9.59 Å². The number of piperidine rings is 1. The van der Waals surface area contributed by atoms with E-state index >= 15 is 0 Å². The van der Waals surface area contributed by atoms with Crippen molar-refractivity contribution >= 4 is 11.9 Å².